The summed E-state index contributed by atoms with van der Waals surface area (Å²) in [6.45, 7) is 5.01. The summed E-state index contributed by atoms with van der Waals surface area (Å²) in [5.41, 5.74) is 0.789. The van der Waals surface area contributed by atoms with Gasteiger partial charge in [0.25, 0.3) is 0 Å². The molecule has 112 valence electrons. The fourth-order valence-electron chi connectivity index (χ4n) is 2.66. The Morgan fingerprint density at radius 1 is 1.38 bits per heavy atom. The van der Waals surface area contributed by atoms with Gasteiger partial charge in [-0.15, -0.1) is 0 Å². The Morgan fingerprint density at radius 2 is 2.24 bits per heavy atom. The van der Waals surface area contributed by atoms with Gasteiger partial charge in [0.05, 0.1) is 12.1 Å². The fraction of sp³-hybridized carbons (Fsp3) is 0.571. The summed E-state index contributed by atoms with van der Waals surface area (Å²) in [4.78, 5) is 18.4. The molecular formula is C14H18N4O3. The van der Waals surface area contributed by atoms with Crippen molar-refractivity contribution < 1.29 is 13.8 Å². The highest BCUT2D eigenvalue weighted by Gasteiger charge is 2.28. The predicted molar refractivity (Wildman–Crippen MR) is 72.5 cm³/mol. The summed E-state index contributed by atoms with van der Waals surface area (Å²) in [6.07, 6.45) is 2.17. The van der Waals surface area contributed by atoms with E-state index in [1.807, 2.05) is 11.8 Å². The average molecular weight is 290 g/mol. The Bertz CT molecular complexity index is 634. The molecule has 0 bridgehead atoms. The molecule has 1 aliphatic rings. The molecule has 2 aromatic rings. The molecule has 2 aromatic heterocycles. The molecule has 3 heterocycles. The van der Waals surface area contributed by atoms with Crippen molar-refractivity contribution in [2.75, 3.05) is 13.1 Å². The van der Waals surface area contributed by atoms with E-state index in [1.165, 1.54) is 0 Å². The van der Waals surface area contributed by atoms with Gasteiger partial charge in [0.15, 0.2) is 5.82 Å². The van der Waals surface area contributed by atoms with Crippen LogP contribution in [-0.4, -0.2) is 39.2 Å². The zero-order valence-corrected chi connectivity index (χ0v) is 12.2. The second-order valence-electron chi connectivity index (χ2n) is 5.46. The van der Waals surface area contributed by atoms with Crippen molar-refractivity contribution in [2.45, 2.75) is 39.0 Å². The number of nitrogens with zero attached hydrogens (tertiary/aromatic N) is 4. The molecule has 0 unspecified atom stereocenters. The third-order valence-corrected chi connectivity index (χ3v) is 3.68. The molecular weight excluding hydrogens is 272 g/mol. The summed E-state index contributed by atoms with van der Waals surface area (Å²) in [7, 11) is 0. The number of hydrogen-bond acceptors (Lipinski definition) is 6. The highest BCUT2D eigenvalue weighted by Crippen LogP contribution is 2.25. The molecule has 0 aromatic carbocycles. The van der Waals surface area contributed by atoms with Crippen LogP contribution < -0.4 is 0 Å². The molecule has 0 radical (unpaired) electrons. The monoisotopic (exact) mass is 290 g/mol. The maximum Gasteiger partial charge on any atom is 0.230 e. The number of aryl methyl sites for hydroxylation is 2. The van der Waals surface area contributed by atoms with Crippen LogP contribution in [0.15, 0.2) is 15.1 Å². The number of hydrogen-bond donors (Lipinski definition) is 0. The van der Waals surface area contributed by atoms with Crippen LogP contribution in [0.3, 0.4) is 0 Å². The standard InChI is InChI=1S/C14H18N4O3/c1-9-6-12(21-16-9)7-13(19)18-5-3-4-11(8-18)14-15-10(2)20-17-14/h6,11H,3-5,7-8H2,1-2H3/t11-/m1/s1. The normalized spacial score (nSPS) is 19.0. The molecule has 7 nitrogen and oxygen atoms in total. The second kappa shape index (κ2) is 5.67. The largest absolute Gasteiger partial charge is 0.361 e. The van der Waals surface area contributed by atoms with Crippen LogP contribution in [-0.2, 0) is 11.2 Å². The van der Waals surface area contributed by atoms with Crippen LogP contribution in [0.1, 0.15) is 41.9 Å². The topological polar surface area (TPSA) is 85.3 Å². The third kappa shape index (κ3) is 3.12. The molecule has 1 atom stereocenters. The van der Waals surface area contributed by atoms with E-state index >= 15 is 0 Å². The minimum absolute atomic E-state index is 0.0519. The van der Waals surface area contributed by atoms with Gasteiger partial charge in [0.2, 0.25) is 11.8 Å². The highest BCUT2D eigenvalue weighted by atomic mass is 16.5. The lowest BCUT2D eigenvalue weighted by molar-refractivity contribution is -0.132. The first kappa shape index (κ1) is 13.8. The predicted octanol–water partition coefficient (Wildman–Crippen LogP) is 1.62. The molecule has 1 aliphatic heterocycles. The van der Waals surface area contributed by atoms with E-state index in [0.717, 1.165) is 25.1 Å². The van der Waals surface area contributed by atoms with Gasteiger partial charge in [-0.25, -0.2) is 0 Å². The van der Waals surface area contributed by atoms with Gasteiger partial charge in [-0.1, -0.05) is 10.3 Å². The zero-order chi connectivity index (χ0) is 14.8. The van der Waals surface area contributed by atoms with Gasteiger partial charge < -0.3 is 13.9 Å². The Hall–Kier alpha value is -2.18. The summed E-state index contributed by atoms with van der Waals surface area (Å²) < 4.78 is 10.1. The molecule has 1 amide bonds. The number of piperidine rings is 1. The summed E-state index contributed by atoms with van der Waals surface area (Å²) >= 11 is 0. The first-order chi connectivity index (χ1) is 10.1. The molecule has 7 heteroatoms. The van der Waals surface area contributed by atoms with Gasteiger partial charge in [0.1, 0.15) is 5.76 Å². The van der Waals surface area contributed by atoms with E-state index in [4.69, 9.17) is 9.05 Å². The quantitative estimate of drug-likeness (QED) is 0.854. The lowest BCUT2D eigenvalue weighted by atomic mass is 9.97. The van der Waals surface area contributed by atoms with E-state index < -0.39 is 0 Å². The van der Waals surface area contributed by atoms with Crippen LogP contribution in [0.2, 0.25) is 0 Å². The van der Waals surface area contributed by atoms with E-state index in [9.17, 15) is 4.79 Å². The molecule has 1 saturated heterocycles. The van der Waals surface area contributed by atoms with Gasteiger partial charge in [-0.2, -0.15) is 4.98 Å². The Balaban J connectivity index is 1.64. The van der Waals surface area contributed by atoms with Crippen molar-refractivity contribution in [1.82, 2.24) is 20.2 Å². The first-order valence-corrected chi connectivity index (χ1v) is 7.12. The Kier molecular flexibility index (Phi) is 3.72. The maximum absolute atomic E-state index is 12.3. The molecule has 3 rings (SSSR count). The number of carbonyl (C=O) groups is 1. The summed E-state index contributed by atoms with van der Waals surface area (Å²) in [5, 5.41) is 7.77. The molecule has 0 saturated carbocycles. The van der Waals surface area contributed by atoms with Crippen molar-refractivity contribution in [3.63, 3.8) is 0 Å². The first-order valence-electron chi connectivity index (χ1n) is 7.12. The number of carbonyl (C=O) groups excluding carboxylic acids is 1. The second-order valence-corrected chi connectivity index (χ2v) is 5.46. The smallest absolute Gasteiger partial charge is 0.230 e. The fourth-order valence-corrected chi connectivity index (χ4v) is 2.66. The molecule has 0 N–H and O–H groups in total. The minimum atomic E-state index is 0.0519. The lowest BCUT2D eigenvalue weighted by Gasteiger charge is -2.31. The Morgan fingerprint density at radius 3 is 2.90 bits per heavy atom. The summed E-state index contributed by atoms with van der Waals surface area (Å²) in [5.74, 6) is 2.06. The van der Waals surface area contributed by atoms with Gasteiger partial charge in [0, 0.05) is 32.0 Å². The molecule has 0 spiro atoms. The number of amides is 1. The van der Waals surface area contributed by atoms with E-state index in [-0.39, 0.29) is 18.2 Å². The van der Waals surface area contributed by atoms with Gasteiger partial charge >= 0.3 is 0 Å². The average Bonchev–Trinajstić information content (AvgIpc) is 3.08. The van der Waals surface area contributed by atoms with Crippen LogP contribution in [0.4, 0.5) is 0 Å². The summed E-state index contributed by atoms with van der Waals surface area (Å²) in [6, 6.07) is 1.79. The third-order valence-electron chi connectivity index (χ3n) is 3.68. The van der Waals surface area contributed by atoms with Crippen molar-refractivity contribution in [2.24, 2.45) is 0 Å². The van der Waals surface area contributed by atoms with Gasteiger partial charge in [-0.3, -0.25) is 4.79 Å². The SMILES string of the molecule is Cc1cc(CC(=O)N2CCC[C@@H](c3noc(C)n3)C2)on1. The maximum atomic E-state index is 12.3. The van der Waals surface area contributed by atoms with Crippen molar-refractivity contribution in [3.05, 3.63) is 29.2 Å². The molecule has 1 fully saturated rings. The van der Waals surface area contributed by atoms with Crippen molar-refractivity contribution in [1.29, 1.82) is 0 Å². The zero-order valence-electron chi connectivity index (χ0n) is 12.2. The number of aromatic nitrogens is 3. The minimum Gasteiger partial charge on any atom is -0.361 e. The van der Waals surface area contributed by atoms with E-state index in [0.29, 0.717) is 24.0 Å². The highest BCUT2D eigenvalue weighted by molar-refractivity contribution is 5.78. The Labute approximate surface area is 122 Å². The van der Waals surface area contributed by atoms with Crippen LogP contribution in [0.25, 0.3) is 0 Å². The van der Waals surface area contributed by atoms with Gasteiger partial charge in [-0.05, 0) is 19.8 Å². The van der Waals surface area contributed by atoms with E-state index in [1.54, 1.807) is 13.0 Å². The number of rotatable bonds is 3. The van der Waals surface area contributed by atoms with Crippen LogP contribution in [0.5, 0.6) is 0 Å². The molecule has 21 heavy (non-hydrogen) atoms. The van der Waals surface area contributed by atoms with Crippen LogP contribution in [0, 0.1) is 13.8 Å². The van der Waals surface area contributed by atoms with Crippen molar-refractivity contribution >= 4 is 5.91 Å². The van der Waals surface area contributed by atoms with Crippen molar-refractivity contribution in [3.8, 4) is 0 Å². The van der Waals surface area contributed by atoms with Crippen LogP contribution >= 0.6 is 0 Å². The number of likely N-dealkylation sites (tertiary alicyclic amines) is 1. The lowest BCUT2D eigenvalue weighted by Crippen LogP contribution is -2.40. The van der Waals surface area contributed by atoms with E-state index in [2.05, 4.69) is 15.3 Å². The molecule has 0 aliphatic carbocycles.